The van der Waals surface area contributed by atoms with Crippen LogP contribution in [-0.2, 0) is 0 Å². The number of hydrogen-bond donors (Lipinski definition) is 2. The quantitative estimate of drug-likeness (QED) is 0.248. The van der Waals surface area contributed by atoms with E-state index in [4.69, 9.17) is 5.84 Å². The average molecular weight is 211 g/mol. The fourth-order valence-corrected chi connectivity index (χ4v) is 2.70. The van der Waals surface area contributed by atoms with Crippen molar-refractivity contribution in [2.75, 3.05) is 33.2 Å². The smallest absolute Gasteiger partial charge is 0.208 e. The summed E-state index contributed by atoms with van der Waals surface area (Å²) in [6.07, 6.45) is 3.86. The fourth-order valence-electron chi connectivity index (χ4n) is 2.70. The Labute approximate surface area is 91.3 Å². The van der Waals surface area contributed by atoms with E-state index < -0.39 is 0 Å². The van der Waals surface area contributed by atoms with Crippen LogP contribution in [0, 0.1) is 0 Å². The molecule has 1 atom stereocenters. The Balaban J connectivity index is 2.02. The molecule has 0 radical (unpaired) electrons. The van der Waals surface area contributed by atoms with Gasteiger partial charge in [-0.25, -0.2) is 5.84 Å². The fraction of sp³-hybridized carbons (Fsp3) is 0.900. The normalized spacial score (nSPS) is 28.8. The van der Waals surface area contributed by atoms with Crippen molar-refractivity contribution in [3.63, 3.8) is 0 Å². The van der Waals surface area contributed by atoms with Crippen molar-refractivity contribution in [3.8, 4) is 0 Å². The molecule has 0 bridgehead atoms. The highest BCUT2D eigenvalue weighted by molar-refractivity contribution is 5.79. The monoisotopic (exact) mass is 211 g/mol. The van der Waals surface area contributed by atoms with Gasteiger partial charge >= 0.3 is 0 Å². The van der Waals surface area contributed by atoms with Crippen LogP contribution in [0.2, 0.25) is 0 Å². The largest absolute Gasteiger partial charge is 0.340 e. The number of nitrogens with one attached hydrogen (secondary N) is 1. The number of fused-ring (bicyclic) bond motifs is 1. The van der Waals surface area contributed by atoms with E-state index in [9.17, 15) is 0 Å². The van der Waals surface area contributed by atoms with E-state index in [2.05, 4.69) is 20.2 Å². The van der Waals surface area contributed by atoms with Gasteiger partial charge in [-0.3, -0.25) is 15.3 Å². The van der Waals surface area contributed by atoms with Crippen molar-refractivity contribution in [2.45, 2.75) is 25.3 Å². The lowest BCUT2D eigenvalue weighted by Crippen LogP contribution is -2.48. The van der Waals surface area contributed by atoms with E-state index >= 15 is 0 Å². The summed E-state index contributed by atoms with van der Waals surface area (Å²) in [5.41, 5.74) is 2.69. The first-order valence-electron chi connectivity index (χ1n) is 5.77. The molecule has 1 unspecified atom stereocenters. The van der Waals surface area contributed by atoms with Crippen molar-refractivity contribution in [3.05, 3.63) is 0 Å². The van der Waals surface area contributed by atoms with E-state index in [1.54, 1.807) is 7.05 Å². The first-order chi connectivity index (χ1) is 7.35. The zero-order valence-electron chi connectivity index (χ0n) is 9.45. The van der Waals surface area contributed by atoms with E-state index in [1.165, 1.54) is 32.4 Å². The summed E-state index contributed by atoms with van der Waals surface area (Å²) in [5.74, 6) is 6.29. The predicted octanol–water partition coefficient (Wildman–Crippen LogP) is -0.394. The Hall–Kier alpha value is -0.810. The molecule has 2 aliphatic heterocycles. The van der Waals surface area contributed by atoms with Gasteiger partial charge in [-0.1, -0.05) is 0 Å². The third-order valence-corrected chi connectivity index (χ3v) is 3.44. The standard InChI is InChI=1S/C10H21N5/c1-12-10(13-11)15-7-3-6-14-5-2-4-9(14)8-15/h9H,2-8,11H2,1H3,(H,12,13). The zero-order chi connectivity index (χ0) is 10.7. The molecule has 0 aliphatic carbocycles. The summed E-state index contributed by atoms with van der Waals surface area (Å²) in [6, 6.07) is 0.706. The molecule has 2 rings (SSSR count). The highest BCUT2D eigenvalue weighted by Gasteiger charge is 2.29. The molecule has 0 spiro atoms. The minimum atomic E-state index is 0.706. The Bertz CT molecular complexity index is 240. The zero-order valence-corrected chi connectivity index (χ0v) is 9.45. The van der Waals surface area contributed by atoms with Crippen molar-refractivity contribution in [2.24, 2.45) is 10.8 Å². The average Bonchev–Trinajstić information content (AvgIpc) is 2.59. The van der Waals surface area contributed by atoms with Crippen molar-refractivity contribution >= 4 is 5.96 Å². The maximum atomic E-state index is 5.47. The number of nitrogens with zero attached hydrogens (tertiary/aromatic N) is 3. The molecule has 15 heavy (non-hydrogen) atoms. The molecule has 2 heterocycles. The number of hydrazine groups is 1. The first-order valence-corrected chi connectivity index (χ1v) is 5.77. The predicted molar refractivity (Wildman–Crippen MR) is 61.5 cm³/mol. The number of hydrogen-bond acceptors (Lipinski definition) is 3. The van der Waals surface area contributed by atoms with Gasteiger partial charge in [-0.05, 0) is 25.8 Å². The maximum Gasteiger partial charge on any atom is 0.208 e. The van der Waals surface area contributed by atoms with E-state index in [1.807, 2.05) is 0 Å². The lowest BCUT2D eigenvalue weighted by Gasteiger charge is -2.27. The van der Waals surface area contributed by atoms with Crippen LogP contribution in [0.3, 0.4) is 0 Å². The van der Waals surface area contributed by atoms with Gasteiger partial charge in [0.25, 0.3) is 0 Å². The molecule has 5 heteroatoms. The second kappa shape index (κ2) is 4.81. The van der Waals surface area contributed by atoms with Crippen LogP contribution in [0.4, 0.5) is 0 Å². The highest BCUT2D eigenvalue weighted by Crippen LogP contribution is 2.21. The molecule has 0 aromatic rings. The summed E-state index contributed by atoms with van der Waals surface area (Å²) in [6.45, 7) is 4.62. The first kappa shape index (κ1) is 10.7. The van der Waals surface area contributed by atoms with Gasteiger partial charge in [-0.2, -0.15) is 0 Å². The number of aliphatic imine (C=N–C) groups is 1. The molecule has 0 saturated carbocycles. The Morgan fingerprint density at radius 3 is 2.87 bits per heavy atom. The SMILES string of the molecule is CN=C(NN)N1CCCN2CCCC2C1. The minimum Gasteiger partial charge on any atom is -0.340 e. The van der Waals surface area contributed by atoms with Crippen molar-refractivity contribution in [1.82, 2.24) is 15.2 Å². The molecular weight excluding hydrogens is 190 g/mol. The molecular formula is C10H21N5. The second-order valence-electron chi connectivity index (χ2n) is 4.32. The number of guanidine groups is 1. The molecule has 5 nitrogen and oxygen atoms in total. The number of nitrogens with two attached hydrogens (primary N) is 1. The van der Waals surface area contributed by atoms with Gasteiger partial charge in [0.1, 0.15) is 0 Å². The van der Waals surface area contributed by atoms with E-state index in [0.29, 0.717) is 6.04 Å². The van der Waals surface area contributed by atoms with E-state index in [-0.39, 0.29) is 0 Å². The van der Waals surface area contributed by atoms with Crippen LogP contribution in [0.15, 0.2) is 4.99 Å². The van der Waals surface area contributed by atoms with Gasteiger partial charge in [0, 0.05) is 32.7 Å². The summed E-state index contributed by atoms with van der Waals surface area (Å²) in [4.78, 5) is 9.05. The molecule has 2 fully saturated rings. The van der Waals surface area contributed by atoms with Crippen LogP contribution < -0.4 is 11.3 Å². The van der Waals surface area contributed by atoms with Crippen LogP contribution in [-0.4, -0.2) is 55.0 Å². The van der Waals surface area contributed by atoms with Gasteiger partial charge in [0.05, 0.1) is 0 Å². The molecule has 86 valence electrons. The van der Waals surface area contributed by atoms with Gasteiger partial charge in [0.15, 0.2) is 0 Å². The lowest BCUT2D eigenvalue weighted by atomic mass is 10.2. The lowest BCUT2D eigenvalue weighted by molar-refractivity contribution is 0.254. The van der Waals surface area contributed by atoms with Gasteiger partial charge in [0.2, 0.25) is 5.96 Å². The van der Waals surface area contributed by atoms with E-state index in [0.717, 1.165) is 19.0 Å². The third kappa shape index (κ3) is 2.23. The third-order valence-electron chi connectivity index (χ3n) is 3.44. The highest BCUT2D eigenvalue weighted by atomic mass is 15.4. The summed E-state index contributed by atoms with van der Waals surface area (Å²) >= 11 is 0. The maximum absolute atomic E-state index is 5.47. The van der Waals surface area contributed by atoms with Crippen LogP contribution >= 0.6 is 0 Å². The van der Waals surface area contributed by atoms with Crippen LogP contribution in [0.1, 0.15) is 19.3 Å². The summed E-state index contributed by atoms with van der Waals surface area (Å²) in [7, 11) is 1.78. The van der Waals surface area contributed by atoms with Crippen molar-refractivity contribution in [1.29, 1.82) is 0 Å². The molecule has 0 aromatic heterocycles. The summed E-state index contributed by atoms with van der Waals surface area (Å²) in [5, 5.41) is 0. The van der Waals surface area contributed by atoms with Crippen LogP contribution in [0.25, 0.3) is 0 Å². The van der Waals surface area contributed by atoms with Gasteiger partial charge in [-0.15, -0.1) is 0 Å². The minimum absolute atomic E-state index is 0.706. The Morgan fingerprint density at radius 1 is 1.33 bits per heavy atom. The molecule has 3 N–H and O–H groups in total. The van der Waals surface area contributed by atoms with Crippen molar-refractivity contribution < 1.29 is 0 Å². The van der Waals surface area contributed by atoms with Crippen LogP contribution in [0.5, 0.6) is 0 Å². The molecule has 0 amide bonds. The topological polar surface area (TPSA) is 56.9 Å². The Kier molecular flexibility index (Phi) is 3.43. The summed E-state index contributed by atoms with van der Waals surface area (Å²) < 4.78 is 0. The number of rotatable bonds is 0. The molecule has 2 saturated heterocycles. The second-order valence-corrected chi connectivity index (χ2v) is 4.32. The molecule has 0 aromatic carbocycles. The van der Waals surface area contributed by atoms with Gasteiger partial charge < -0.3 is 4.90 Å². The molecule has 2 aliphatic rings. The Morgan fingerprint density at radius 2 is 2.13 bits per heavy atom.